The van der Waals surface area contributed by atoms with Gasteiger partial charge in [0.25, 0.3) is 0 Å². The van der Waals surface area contributed by atoms with Gasteiger partial charge in [0.15, 0.2) is 0 Å². The van der Waals surface area contributed by atoms with Gasteiger partial charge in [-0.25, -0.2) is 13.5 Å². The van der Waals surface area contributed by atoms with Crippen LogP contribution in [0.1, 0.15) is 5.69 Å². The molecule has 0 radical (unpaired) electrons. The molecule has 0 fully saturated rings. The predicted molar refractivity (Wildman–Crippen MR) is 56.9 cm³/mol. The van der Waals surface area contributed by atoms with Gasteiger partial charge >= 0.3 is 0 Å². The average Bonchev–Trinajstić information content (AvgIpc) is 2.71. The van der Waals surface area contributed by atoms with Gasteiger partial charge in [-0.3, -0.25) is 0 Å². The van der Waals surface area contributed by atoms with Gasteiger partial charge in [-0.2, -0.15) is 0 Å². The molecule has 0 saturated carbocycles. The van der Waals surface area contributed by atoms with E-state index in [1.165, 1.54) is 10.9 Å². The highest BCUT2D eigenvalue weighted by Crippen LogP contribution is 2.22. The topological polar surface area (TPSA) is 56.7 Å². The summed E-state index contributed by atoms with van der Waals surface area (Å²) >= 11 is 2.89. The summed E-state index contributed by atoms with van der Waals surface area (Å²) in [5, 5.41) is 7.25. The number of nitrogens with zero attached hydrogens (tertiary/aromatic N) is 3. The number of benzene rings is 1. The minimum atomic E-state index is -0.603. The Morgan fingerprint density at radius 1 is 1.31 bits per heavy atom. The molecule has 1 aromatic heterocycles. The average molecular weight is 289 g/mol. The lowest BCUT2D eigenvalue weighted by molar-refractivity contribution is 0.576. The first-order valence-corrected chi connectivity index (χ1v) is 5.17. The van der Waals surface area contributed by atoms with Crippen molar-refractivity contribution in [3.05, 3.63) is 40.1 Å². The molecule has 7 heteroatoms. The van der Waals surface area contributed by atoms with Gasteiger partial charge in [0.1, 0.15) is 17.3 Å². The van der Waals surface area contributed by atoms with Gasteiger partial charge < -0.3 is 5.73 Å². The van der Waals surface area contributed by atoms with Crippen LogP contribution in [0, 0.1) is 11.6 Å². The largest absolute Gasteiger partial charge is 0.325 e. The number of rotatable bonds is 2. The monoisotopic (exact) mass is 288 g/mol. The quantitative estimate of drug-likeness (QED) is 0.857. The maximum atomic E-state index is 13.6. The fourth-order valence-electron chi connectivity index (χ4n) is 1.27. The number of hydrogen-bond acceptors (Lipinski definition) is 3. The SMILES string of the molecule is NCc1cnnn1-c1cc(F)c(Br)cc1F. The van der Waals surface area contributed by atoms with E-state index < -0.39 is 11.6 Å². The summed E-state index contributed by atoms with van der Waals surface area (Å²) in [6.45, 7) is 0.143. The third-order valence-corrected chi connectivity index (χ3v) is 2.65. The van der Waals surface area contributed by atoms with Crippen LogP contribution in [0.3, 0.4) is 0 Å². The van der Waals surface area contributed by atoms with Crippen molar-refractivity contribution < 1.29 is 8.78 Å². The molecule has 0 spiro atoms. The number of hydrogen-bond donors (Lipinski definition) is 1. The molecule has 0 unspecified atom stereocenters. The van der Waals surface area contributed by atoms with E-state index in [1.807, 2.05) is 0 Å². The zero-order valence-corrected chi connectivity index (χ0v) is 9.58. The molecule has 0 amide bonds. The van der Waals surface area contributed by atoms with E-state index in [0.29, 0.717) is 5.69 Å². The first-order chi connectivity index (χ1) is 7.63. The van der Waals surface area contributed by atoms with Gasteiger partial charge in [0.05, 0.1) is 16.4 Å². The van der Waals surface area contributed by atoms with Crippen molar-refractivity contribution >= 4 is 15.9 Å². The summed E-state index contributed by atoms with van der Waals surface area (Å²) < 4.78 is 28.1. The minimum Gasteiger partial charge on any atom is -0.325 e. The van der Waals surface area contributed by atoms with E-state index in [1.54, 1.807) is 0 Å². The van der Waals surface area contributed by atoms with Gasteiger partial charge in [0.2, 0.25) is 0 Å². The van der Waals surface area contributed by atoms with Crippen molar-refractivity contribution in [2.75, 3.05) is 0 Å². The van der Waals surface area contributed by atoms with E-state index in [9.17, 15) is 8.78 Å². The molecule has 2 N–H and O–H groups in total. The lowest BCUT2D eigenvalue weighted by Crippen LogP contribution is -2.09. The fourth-order valence-corrected chi connectivity index (χ4v) is 1.59. The summed E-state index contributed by atoms with van der Waals surface area (Å²) in [5.41, 5.74) is 5.91. The lowest BCUT2D eigenvalue weighted by atomic mass is 10.3. The van der Waals surface area contributed by atoms with E-state index in [-0.39, 0.29) is 16.7 Å². The molecule has 0 atom stereocenters. The van der Waals surface area contributed by atoms with Crippen LogP contribution < -0.4 is 5.73 Å². The van der Waals surface area contributed by atoms with Crippen LogP contribution in [-0.4, -0.2) is 15.0 Å². The van der Waals surface area contributed by atoms with Crippen molar-refractivity contribution in [2.24, 2.45) is 5.73 Å². The van der Waals surface area contributed by atoms with Gasteiger partial charge in [-0.15, -0.1) is 5.10 Å². The van der Waals surface area contributed by atoms with E-state index >= 15 is 0 Å². The highest BCUT2D eigenvalue weighted by molar-refractivity contribution is 9.10. The molecule has 0 aliphatic heterocycles. The van der Waals surface area contributed by atoms with Crippen LogP contribution in [0.5, 0.6) is 0 Å². The summed E-state index contributed by atoms with van der Waals surface area (Å²) in [7, 11) is 0. The second-order valence-electron chi connectivity index (χ2n) is 3.06. The first kappa shape index (κ1) is 11.2. The molecule has 1 aromatic carbocycles. The number of nitrogens with two attached hydrogens (primary N) is 1. The normalized spacial score (nSPS) is 10.8. The number of halogens is 3. The van der Waals surface area contributed by atoms with Gasteiger partial charge in [-0.05, 0) is 22.0 Å². The van der Waals surface area contributed by atoms with Crippen molar-refractivity contribution in [3.8, 4) is 5.69 Å². The summed E-state index contributed by atoms with van der Waals surface area (Å²) in [6.07, 6.45) is 1.40. The van der Waals surface area contributed by atoms with Gasteiger partial charge in [-0.1, -0.05) is 5.21 Å². The van der Waals surface area contributed by atoms with Crippen LogP contribution in [0.25, 0.3) is 5.69 Å². The Morgan fingerprint density at radius 3 is 2.75 bits per heavy atom. The van der Waals surface area contributed by atoms with E-state index in [2.05, 4.69) is 26.2 Å². The molecule has 84 valence electrons. The van der Waals surface area contributed by atoms with Crippen LogP contribution in [-0.2, 0) is 6.54 Å². The van der Waals surface area contributed by atoms with Gasteiger partial charge in [0, 0.05) is 12.6 Å². The molecule has 0 aliphatic rings. The van der Waals surface area contributed by atoms with E-state index in [0.717, 1.165) is 12.1 Å². The molecule has 1 heterocycles. The maximum absolute atomic E-state index is 13.6. The molecule has 0 aliphatic carbocycles. The van der Waals surface area contributed by atoms with Crippen molar-refractivity contribution in [1.29, 1.82) is 0 Å². The Labute approximate surface area is 98.2 Å². The van der Waals surface area contributed by atoms with E-state index in [4.69, 9.17) is 5.73 Å². The van der Waals surface area contributed by atoms with Crippen molar-refractivity contribution in [1.82, 2.24) is 15.0 Å². The Kier molecular flexibility index (Phi) is 2.97. The van der Waals surface area contributed by atoms with Crippen molar-refractivity contribution in [3.63, 3.8) is 0 Å². The Morgan fingerprint density at radius 2 is 2.06 bits per heavy atom. The highest BCUT2D eigenvalue weighted by atomic mass is 79.9. The van der Waals surface area contributed by atoms with Crippen LogP contribution >= 0.6 is 15.9 Å². The summed E-state index contributed by atoms with van der Waals surface area (Å²) in [5.74, 6) is -1.18. The second kappa shape index (κ2) is 4.26. The lowest BCUT2D eigenvalue weighted by Gasteiger charge is -2.06. The maximum Gasteiger partial charge on any atom is 0.150 e. The second-order valence-corrected chi connectivity index (χ2v) is 3.91. The highest BCUT2D eigenvalue weighted by Gasteiger charge is 2.13. The third-order valence-electron chi connectivity index (χ3n) is 2.05. The fraction of sp³-hybridized carbons (Fsp3) is 0.111. The molecule has 2 rings (SSSR count). The molecule has 4 nitrogen and oxygen atoms in total. The Bertz CT molecular complexity index is 526. The summed E-state index contributed by atoms with van der Waals surface area (Å²) in [4.78, 5) is 0. The Hall–Kier alpha value is -1.34. The number of aromatic nitrogens is 3. The standard InChI is InChI=1S/C9H7BrF2N4/c10-6-1-8(12)9(2-7(6)11)16-5(3-13)4-14-15-16/h1-2,4H,3,13H2. The zero-order valence-electron chi connectivity index (χ0n) is 7.99. The zero-order chi connectivity index (χ0) is 11.7. The van der Waals surface area contributed by atoms with Crippen molar-refractivity contribution in [2.45, 2.75) is 6.54 Å². The van der Waals surface area contributed by atoms with Crippen LogP contribution in [0.4, 0.5) is 8.78 Å². The molecular formula is C9H7BrF2N4. The molecule has 0 bridgehead atoms. The van der Waals surface area contributed by atoms with Crippen LogP contribution in [0.15, 0.2) is 22.8 Å². The minimum absolute atomic E-state index is 0.0151. The smallest absolute Gasteiger partial charge is 0.150 e. The third kappa shape index (κ3) is 1.83. The van der Waals surface area contributed by atoms with Crippen LogP contribution in [0.2, 0.25) is 0 Å². The Balaban J connectivity index is 2.60. The summed E-state index contributed by atoms with van der Waals surface area (Å²) in [6, 6.07) is 2.07. The molecular weight excluding hydrogens is 282 g/mol. The molecule has 0 saturated heterocycles. The molecule has 2 aromatic rings. The first-order valence-electron chi connectivity index (χ1n) is 4.38. The predicted octanol–water partition coefficient (Wildman–Crippen LogP) is 1.77. The molecule has 16 heavy (non-hydrogen) atoms.